The first kappa shape index (κ1) is 72.2. The summed E-state index contributed by atoms with van der Waals surface area (Å²) < 4.78 is 21.8. The van der Waals surface area contributed by atoms with Crippen LogP contribution in [0.25, 0.3) is 44.3 Å². The Morgan fingerprint density at radius 2 is 1.28 bits per heavy atom. The van der Waals surface area contributed by atoms with Crippen LogP contribution in [0.3, 0.4) is 0 Å². The minimum Gasteiger partial charge on any atom is -0.508 e. The van der Waals surface area contributed by atoms with Crippen LogP contribution in [0.15, 0.2) is 157 Å². The number of anilines is 2. The average molecular weight is 1310 g/mol. The number of hydrogen-bond acceptors (Lipinski definition) is 15. The number of para-hydroxylation sites is 3. The summed E-state index contributed by atoms with van der Waals surface area (Å²) in [6.45, 7) is 7.77. The molecule has 2 aromatic heterocycles. The van der Waals surface area contributed by atoms with E-state index in [0.29, 0.717) is 136 Å². The maximum absolute atomic E-state index is 12.6. The van der Waals surface area contributed by atoms with Crippen molar-refractivity contribution < 1.29 is 51.6 Å². The molecule has 0 saturated heterocycles. The number of fused-ring (bicyclic) bond motifs is 3. The van der Waals surface area contributed by atoms with Crippen LogP contribution < -0.4 is 38.1 Å². The van der Waals surface area contributed by atoms with E-state index in [9.17, 15) is 39.0 Å². The van der Waals surface area contributed by atoms with Crippen molar-refractivity contribution >= 4 is 68.1 Å². The number of rotatable bonds is 28. The predicted octanol–water partition coefficient (Wildman–Crippen LogP) is 7.85. The Morgan fingerprint density at radius 1 is 0.674 bits per heavy atom. The molecule has 0 unspecified atom stereocenters. The van der Waals surface area contributed by atoms with Gasteiger partial charge in [-0.05, 0) is 107 Å². The SMILES string of the molecule is C#CC[N+](C)(C)CCNc1ccccc1C(=O)NC.C#CC[N+](C)(C)CCn1c(=O)oc(=O)c2ccccc21.CNC(=O)c1ccccc1NCC[N+](C)(C)Cc1cn(CCOCCCC(=S)Cc2ccc(-c3c4ccc(=O)cc-4oc4cc(O)ccc34)c(C(=O)O)c2)nn1. The molecule has 2 aliphatic rings. The van der Waals surface area contributed by atoms with Crippen LogP contribution in [-0.4, -0.2) is 181 Å². The Balaban J connectivity index is 0.000000264. The van der Waals surface area contributed by atoms with Crippen molar-refractivity contribution in [1.29, 1.82) is 0 Å². The molecule has 9 rings (SSSR count). The highest BCUT2D eigenvalue weighted by Crippen LogP contribution is 2.42. The summed E-state index contributed by atoms with van der Waals surface area (Å²) in [5.74, 6) is 3.64. The number of hydrogen-bond donors (Lipinski definition) is 6. The first-order valence-corrected chi connectivity index (χ1v) is 31.4. The number of aromatic nitrogens is 4. The smallest absolute Gasteiger partial charge is 0.422 e. The second kappa shape index (κ2) is 33.5. The summed E-state index contributed by atoms with van der Waals surface area (Å²) in [7, 11) is 15.7. The minimum atomic E-state index is -1.10. The third-order valence-electron chi connectivity index (χ3n) is 15.7. The molecular weight excluding hydrogens is 1230 g/mol. The average Bonchev–Trinajstić information content (AvgIpc) is 0.981. The summed E-state index contributed by atoms with van der Waals surface area (Å²) in [6.07, 6.45) is 14.4. The first-order chi connectivity index (χ1) is 45.3. The van der Waals surface area contributed by atoms with Crippen molar-refractivity contribution in [3.8, 4) is 52.9 Å². The molecule has 6 N–H and O–H groups in total. The van der Waals surface area contributed by atoms with Gasteiger partial charge < -0.3 is 58.5 Å². The third-order valence-corrected chi connectivity index (χ3v) is 16.0. The monoisotopic (exact) mass is 1310 g/mol. The molecule has 0 fully saturated rings. The van der Waals surface area contributed by atoms with Crippen molar-refractivity contribution in [2.45, 2.75) is 38.9 Å². The lowest BCUT2D eigenvalue weighted by atomic mass is 9.89. The number of amides is 2. The quantitative estimate of drug-likeness (QED) is 0.00897. The Morgan fingerprint density at radius 3 is 1.93 bits per heavy atom. The van der Waals surface area contributed by atoms with Gasteiger partial charge in [-0.2, -0.15) is 0 Å². The zero-order chi connectivity index (χ0) is 68.9. The molecule has 496 valence electrons. The molecule has 1 aliphatic carbocycles. The van der Waals surface area contributed by atoms with Crippen LogP contribution in [-0.2, 0) is 30.8 Å². The van der Waals surface area contributed by atoms with E-state index in [2.05, 4.69) is 71.6 Å². The molecule has 7 aromatic rings. The number of aromatic hydroxyl groups is 1. The Hall–Kier alpha value is -10.3. The van der Waals surface area contributed by atoms with Gasteiger partial charge in [0.2, 0.25) is 0 Å². The molecule has 1 aliphatic heterocycles. The lowest BCUT2D eigenvalue weighted by Gasteiger charge is -2.29. The molecule has 0 bridgehead atoms. The normalized spacial score (nSPS) is 11.3. The first-order valence-electron chi connectivity index (χ1n) is 31.0. The fraction of sp³-hybridized carbons (Fsp3) is 0.319. The van der Waals surface area contributed by atoms with Crippen LogP contribution >= 0.6 is 12.2 Å². The standard InChI is InChI=1S/C42H44N6O7S.C15H21N3O.C15H17N2O3/c1-43-41(51)33-8-4-5-9-37(33)44-16-18-48(2,3)26-28-25-47(46-45-28)17-20-54-19-6-7-31(56)21-27-10-13-32(36(22-27)42(52)53)40-34-14-11-29(49)23-38(34)55-39-24-30(50)12-15-35(39)40;1-5-11-18(3,4)12-10-17-14-9-7-6-8-13(14)15(19)16-2;1-4-10-17(2,3)11-9-16-13-8-6-5-7-12(13)14(18)20-15(16)19/h4-5,8-15,22-25H,6-7,16-21,26H2,1-3H3,(H3-,43,44,49,50,51,52,53);1,6-9H,10-12H2,2-4H3,(H-,16,17,19);1,5-8H,9-11H2,2-3H3/q;;+1/p+2. The van der Waals surface area contributed by atoms with Gasteiger partial charge in [-0.1, -0.05) is 66.0 Å². The van der Waals surface area contributed by atoms with Gasteiger partial charge in [-0.25, -0.2) is 19.1 Å². The van der Waals surface area contributed by atoms with Crippen LogP contribution in [0, 0.1) is 24.7 Å². The highest BCUT2D eigenvalue weighted by Gasteiger charge is 2.24. The van der Waals surface area contributed by atoms with Crippen molar-refractivity contribution in [2.24, 2.45) is 0 Å². The second-order valence-electron chi connectivity index (χ2n) is 24.7. The number of phenolic OH excluding ortho intramolecular Hbond substituents is 1. The number of benzene rings is 6. The Bertz CT molecular complexity index is 4420. The molecule has 3 heterocycles. The van der Waals surface area contributed by atoms with E-state index in [0.717, 1.165) is 58.0 Å². The van der Waals surface area contributed by atoms with E-state index in [-0.39, 0.29) is 28.6 Å². The largest absolute Gasteiger partial charge is 0.508 e. The Labute approximate surface area is 557 Å². The zero-order valence-electron chi connectivity index (χ0n) is 55.1. The van der Waals surface area contributed by atoms with E-state index >= 15 is 0 Å². The fourth-order valence-electron chi connectivity index (χ4n) is 10.6. The number of quaternary nitrogens is 3. The van der Waals surface area contributed by atoms with E-state index in [1.165, 1.54) is 28.8 Å². The number of thiocarbonyl (C=S) groups is 1. The number of carbonyl (C=O) groups excluding carboxylic acids is 2. The number of carbonyl (C=O) groups is 3. The predicted molar refractivity (Wildman–Crippen MR) is 375 cm³/mol. The van der Waals surface area contributed by atoms with Gasteiger partial charge >= 0.3 is 17.4 Å². The maximum atomic E-state index is 12.6. The highest BCUT2D eigenvalue weighted by molar-refractivity contribution is 7.80. The van der Waals surface area contributed by atoms with Gasteiger partial charge in [0, 0.05) is 67.1 Å². The molecule has 2 amide bonds. The minimum absolute atomic E-state index is 0.0119. The number of phenols is 1. The molecule has 0 radical (unpaired) electrons. The molecule has 0 atom stereocenters. The lowest BCUT2D eigenvalue weighted by Crippen LogP contribution is -2.43. The lowest BCUT2D eigenvalue weighted by molar-refractivity contribution is -0.902. The van der Waals surface area contributed by atoms with Crippen molar-refractivity contribution in [2.75, 3.05) is 126 Å². The third kappa shape index (κ3) is 20.6. The summed E-state index contributed by atoms with van der Waals surface area (Å²) >= 11 is 5.68. The van der Waals surface area contributed by atoms with Crippen molar-refractivity contribution in [3.63, 3.8) is 0 Å². The zero-order valence-corrected chi connectivity index (χ0v) is 55.9. The van der Waals surface area contributed by atoms with Gasteiger partial charge in [-0.15, -0.1) is 17.9 Å². The van der Waals surface area contributed by atoms with E-state index in [1.54, 1.807) is 73.4 Å². The number of carboxylic acids is 1. The van der Waals surface area contributed by atoms with Crippen molar-refractivity contribution in [3.05, 3.63) is 193 Å². The maximum Gasteiger partial charge on any atom is 0.422 e. The van der Waals surface area contributed by atoms with Gasteiger partial charge in [0.1, 0.15) is 42.4 Å². The number of ether oxygens (including phenoxy) is 1. The number of aromatic carboxylic acids is 1. The van der Waals surface area contributed by atoms with Gasteiger partial charge in [0.25, 0.3) is 11.8 Å². The number of nitrogens with zero attached hydrogens (tertiary/aromatic N) is 7. The van der Waals surface area contributed by atoms with E-state index in [1.807, 2.05) is 68.8 Å². The molecule has 95 heavy (non-hydrogen) atoms. The van der Waals surface area contributed by atoms with Crippen molar-refractivity contribution in [1.82, 2.24) is 30.2 Å². The highest BCUT2D eigenvalue weighted by atomic mass is 32.1. The van der Waals surface area contributed by atoms with Crippen LogP contribution in [0.1, 0.15) is 55.2 Å². The molecule has 22 nitrogen and oxygen atoms in total. The van der Waals surface area contributed by atoms with Crippen LogP contribution in [0.2, 0.25) is 0 Å². The molecule has 23 heteroatoms. The molecule has 5 aromatic carbocycles. The van der Waals surface area contributed by atoms with E-state index < -0.39 is 17.4 Å². The topological polar surface area (TPSA) is 262 Å². The summed E-state index contributed by atoms with van der Waals surface area (Å²) in [6, 6.07) is 36.2. The van der Waals surface area contributed by atoms with Gasteiger partial charge in [0.05, 0.1) is 128 Å². The number of likely N-dealkylation sites (N-methyl/N-ethyl adjacent to an activating group) is 3. The number of terminal acetylenes is 2. The molecule has 0 spiro atoms. The molecule has 0 saturated carbocycles. The molecular formula is C72H84N11O11S+3. The van der Waals surface area contributed by atoms with Crippen LogP contribution in [0.5, 0.6) is 5.75 Å². The summed E-state index contributed by atoms with van der Waals surface area (Å²) in [4.78, 5) is 72.9. The Kier molecular flexibility index (Phi) is 25.5. The second-order valence-corrected chi connectivity index (χ2v) is 25.3. The van der Waals surface area contributed by atoms with Crippen LogP contribution in [0.4, 0.5) is 11.4 Å². The number of nitrogens with one attached hydrogen (secondary N) is 4. The van der Waals surface area contributed by atoms with Gasteiger partial charge in [-0.3, -0.25) is 19.0 Å². The van der Waals surface area contributed by atoms with E-state index in [4.69, 9.17) is 38.6 Å². The summed E-state index contributed by atoms with van der Waals surface area (Å²) in [5.41, 5.74) is 6.40. The number of carboxylic acid groups (broad SMARTS) is 1. The summed E-state index contributed by atoms with van der Waals surface area (Å²) in [5, 5.41) is 42.0. The fourth-order valence-corrected chi connectivity index (χ4v) is 10.9. The van der Waals surface area contributed by atoms with Gasteiger partial charge in [0.15, 0.2) is 5.43 Å².